The molecule has 0 bridgehead atoms. The first-order chi connectivity index (χ1) is 11.0. The lowest BCUT2D eigenvalue weighted by Gasteiger charge is -2.02. The molecule has 23 heavy (non-hydrogen) atoms. The van der Waals surface area contributed by atoms with E-state index in [0.29, 0.717) is 12.2 Å². The van der Waals surface area contributed by atoms with Crippen molar-refractivity contribution in [1.82, 2.24) is 9.78 Å². The van der Waals surface area contributed by atoms with Crippen LogP contribution in [-0.4, -0.2) is 26.8 Å². The molecule has 116 valence electrons. The summed E-state index contributed by atoms with van der Waals surface area (Å²) >= 11 is 0. The lowest BCUT2D eigenvalue weighted by Crippen LogP contribution is -2.05. The molecule has 0 radical (unpaired) electrons. The molecular formula is C17H15N3O3. The molecule has 2 N–H and O–H groups in total. The molecule has 0 atom stereocenters. The Morgan fingerprint density at radius 1 is 1.17 bits per heavy atom. The third-order valence-electron chi connectivity index (χ3n) is 3.42. The van der Waals surface area contributed by atoms with E-state index in [-0.39, 0.29) is 11.5 Å². The second-order valence-corrected chi connectivity index (χ2v) is 5.28. The van der Waals surface area contributed by atoms with Gasteiger partial charge >= 0.3 is 5.97 Å². The van der Waals surface area contributed by atoms with Gasteiger partial charge in [0, 0.05) is 24.2 Å². The number of fused-ring (bicyclic) bond motifs is 1. The number of hydrogen-bond donors (Lipinski definition) is 2. The van der Waals surface area contributed by atoms with Crippen LogP contribution in [0.25, 0.3) is 10.9 Å². The van der Waals surface area contributed by atoms with E-state index in [1.807, 2.05) is 24.4 Å². The van der Waals surface area contributed by atoms with E-state index < -0.39 is 5.97 Å². The summed E-state index contributed by atoms with van der Waals surface area (Å²) in [6.45, 7) is 2.01. The zero-order valence-electron chi connectivity index (χ0n) is 12.5. The standard InChI is InChI=1S/C17H15N3O3/c1-11(21)18-15-7-6-14-10-20(19-16(14)8-15)9-12-2-4-13(5-3-12)17(22)23/h2-8,10H,9H2,1H3,(H,18,21)(H,22,23). The molecule has 0 fully saturated rings. The van der Waals surface area contributed by atoms with E-state index in [1.54, 1.807) is 28.9 Å². The van der Waals surface area contributed by atoms with Crippen LogP contribution < -0.4 is 5.32 Å². The summed E-state index contributed by atoms with van der Waals surface area (Å²) in [7, 11) is 0. The zero-order valence-corrected chi connectivity index (χ0v) is 12.5. The highest BCUT2D eigenvalue weighted by atomic mass is 16.4. The Morgan fingerprint density at radius 3 is 2.57 bits per heavy atom. The number of hydrogen-bond acceptors (Lipinski definition) is 3. The molecule has 0 spiro atoms. The quantitative estimate of drug-likeness (QED) is 0.776. The number of nitrogens with zero attached hydrogens (tertiary/aromatic N) is 2. The third kappa shape index (κ3) is 3.37. The average molecular weight is 309 g/mol. The second-order valence-electron chi connectivity index (χ2n) is 5.28. The fourth-order valence-corrected chi connectivity index (χ4v) is 2.37. The Morgan fingerprint density at radius 2 is 1.91 bits per heavy atom. The van der Waals surface area contributed by atoms with Gasteiger partial charge in [0.05, 0.1) is 17.6 Å². The van der Waals surface area contributed by atoms with E-state index in [9.17, 15) is 9.59 Å². The predicted molar refractivity (Wildman–Crippen MR) is 86.5 cm³/mol. The van der Waals surface area contributed by atoms with Crippen LogP contribution in [0, 0.1) is 0 Å². The van der Waals surface area contributed by atoms with Crippen molar-refractivity contribution in [3.05, 3.63) is 59.8 Å². The maximum absolute atomic E-state index is 11.1. The molecular weight excluding hydrogens is 294 g/mol. The van der Waals surface area contributed by atoms with Crippen molar-refractivity contribution in [2.75, 3.05) is 5.32 Å². The van der Waals surface area contributed by atoms with Gasteiger partial charge in [-0.3, -0.25) is 9.48 Å². The van der Waals surface area contributed by atoms with Gasteiger partial charge in [-0.2, -0.15) is 5.10 Å². The van der Waals surface area contributed by atoms with Crippen LogP contribution in [0.15, 0.2) is 48.7 Å². The van der Waals surface area contributed by atoms with Crippen molar-refractivity contribution in [2.24, 2.45) is 0 Å². The lowest BCUT2D eigenvalue weighted by atomic mass is 10.1. The number of carboxylic acid groups (broad SMARTS) is 1. The van der Waals surface area contributed by atoms with Crippen molar-refractivity contribution in [2.45, 2.75) is 13.5 Å². The first-order valence-electron chi connectivity index (χ1n) is 7.08. The molecule has 1 amide bonds. The number of benzene rings is 2. The van der Waals surface area contributed by atoms with Gasteiger partial charge in [-0.05, 0) is 35.9 Å². The second kappa shape index (κ2) is 5.92. The first kappa shape index (κ1) is 14.8. The van der Waals surface area contributed by atoms with Crippen molar-refractivity contribution in [3.63, 3.8) is 0 Å². The molecule has 1 heterocycles. The van der Waals surface area contributed by atoms with Gasteiger partial charge in [0.25, 0.3) is 0 Å². The summed E-state index contributed by atoms with van der Waals surface area (Å²) in [4.78, 5) is 21.9. The molecule has 0 saturated carbocycles. The van der Waals surface area contributed by atoms with Gasteiger partial charge in [-0.1, -0.05) is 12.1 Å². The number of carbonyl (C=O) groups excluding carboxylic acids is 1. The smallest absolute Gasteiger partial charge is 0.335 e. The number of amides is 1. The van der Waals surface area contributed by atoms with Gasteiger partial charge in [0.2, 0.25) is 5.91 Å². The van der Waals surface area contributed by atoms with Crippen LogP contribution in [0.4, 0.5) is 5.69 Å². The predicted octanol–water partition coefficient (Wildman–Crippen LogP) is 2.74. The number of aromatic nitrogens is 2. The molecule has 6 nitrogen and oxygen atoms in total. The molecule has 2 aromatic carbocycles. The Hall–Kier alpha value is -3.15. The summed E-state index contributed by atoms with van der Waals surface area (Å²) in [6.07, 6.45) is 1.91. The monoisotopic (exact) mass is 309 g/mol. The van der Waals surface area contributed by atoms with Gasteiger partial charge in [0.1, 0.15) is 0 Å². The lowest BCUT2D eigenvalue weighted by molar-refractivity contribution is -0.114. The summed E-state index contributed by atoms with van der Waals surface area (Å²) in [5, 5.41) is 17.1. The number of rotatable bonds is 4. The van der Waals surface area contributed by atoms with E-state index in [1.165, 1.54) is 6.92 Å². The number of carbonyl (C=O) groups is 2. The third-order valence-corrected chi connectivity index (χ3v) is 3.42. The zero-order chi connectivity index (χ0) is 16.4. The van der Waals surface area contributed by atoms with Crippen molar-refractivity contribution in [1.29, 1.82) is 0 Å². The molecule has 0 aliphatic rings. The van der Waals surface area contributed by atoms with Crippen LogP contribution in [0.5, 0.6) is 0 Å². The summed E-state index contributed by atoms with van der Waals surface area (Å²) < 4.78 is 1.79. The molecule has 0 aliphatic carbocycles. The molecule has 3 aromatic rings. The summed E-state index contributed by atoms with van der Waals surface area (Å²) in [5.41, 5.74) is 2.73. The Labute approximate surface area is 132 Å². The number of nitrogens with one attached hydrogen (secondary N) is 1. The number of aromatic carboxylic acids is 1. The van der Waals surface area contributed by atoms with Gasteiger partial charge in [-0.25, -0.2) is 4.79 Å². The van der Waals surface area contributed by atoms with Gasteiger partial charge in [-0.15, -0.1) is 0 Å². The SMILES string of the molecule is CC(=O)Nc1ccc2cn(Cc3ccc(C(=O)O)cc3)nc2c1. The van der Waals surface area contributed by atoms with Crippen LogP contribution in [0.3, 0.4) is 0 Å². The van der Waals surface area contributed by atoms with E-state index >= 15 is 0 Å². The van der Waals surface area contributed by atoms with Gasteiger partial charge in [0.15, 0.2) is 0 Å². The van der Waals surface area contributed by atoms with E-state index in [4.69, 9.17) is 5.11 Å². The van der Waals surface area contributed by atoms with Crippen LogP contribution in [-0.2, 0) is 11.3 Å². The number of anilines is 1. The highest BCUT2D eigenvalue weighted by molar-refractivity contribution is 5.92. The van der Waals surface area contributed by atoms with Crippen molar-refractivity contribution < 1.29 is 14.7 Å². The molecule has 1 aromatic heterocycles. The highest BCUT2D eigenvalue weighted by Crippen LogP contribution is 2.18. The van der Waals surface area contributed by atoms with Crippen LogP contribution >= 0.6 is 0 Å². The summed E-state index contributed by atoms with van der Waals surface area (Å²) in [6, 6.07) is 12.3. The van der Waals surface area contributed by atoms with Crippen LogP contribution in [0.1, 0.15) is 22.8 Å². The summed E-state index contributed by atoms with van der Waals surface area (Å²) in [5.74, 6) is -1.06. The molecule has 0 unspecified atom stereocenters. The molecule has 0 aliphatic heterocycles. The first-order valence-corrected chi connectivity index (χ1v) is 7.08. The van der Waals surface area contributed by atoms with Crippen molar-refractivity contribution in [3.8, 4) is 0 Å². The fourth-order valence-electron chi connectivity index (χ4n) is 2.37. The topological polar surface area (TPSA) is 84.2 Å². The minimum atomic E-state index is -0.938. The van der Waals surface area contributed by atoms with E-state index in [0.717, 1.165) is 16.5 Å². The number of carboxylic acids is 1. The Balaban J connectivity index is 1.82. The maximum Gasteiger partial charge on any atom is 0.335 e. The molecule has 0 saturated heterocycles. The fraction of sp³-hybridized carbons (Fsp3) is 0.118. The van der Waals surface area contributed by atoms with Crippen molar-refractivity contribution >= 4 is 28.5 Å². The molecule has 3 rings (SSSR count). The Kier molecular flexibility index (Phi) is 3.80. The van der Waals surface area contributed by atoms with Crippen LogP contribution in [0.2, 0.25) is 0 Å². The minimum absolute atomic E-state index is 0.123. The minimum Gasteiger partial charge on any atom is -0.478 e. The van der Waals surface area contributed by atoms with Gasteiger partial charge < -0.3 is 10.4 Å². The largest absolute Gasteiger partial charge is 0.478 e. The molecule has 6 heteroatoms. The van der Waals surface area contributed by atoms with E-state index in [2.05, 4.69) is 10.4 Å². The highest BCUT2D eigenvalue weighted by Gasteiger charge is 2.05. The maximum atomic E-state index is 11.1. The Bertz CT molecular complexity index is 882. The normalized spacial score (nSPS) is 10.7. The average Bonchev–Trinajstić information content (AvgIpc) is 2.88.